The van der Waals surface area contributed by atoms with Gasteiger partial charge in [-0.25, -0.2) is 0 Å². The molecule has 5 heteroatoms. The Balaban J connectivity index is 1.99. The van der Waals surface area contributed by atoms with Crippen LogP contribution in [0.5, 0.6) is 0 Å². The first-order valence-corrected chi connectivity index (χ1v) is 9.48. The van der Waals surface area contributed by atoms with E-state index in [2.05, 4.69) is 12.1 Å². The van der Waals surface area contributed by atoms with Crippen molar-refractivity contribution >= 4 is 11.1 Å². The third-order valence-electron chi connectivity index (χ3n) is 4.45. The van der Waals surface area contributed by atoms with Crippen molar-refractivity contribution in [3.05, 3.63) is 70.8 Å². The summed E-state index contributed by atoms with van der Waals surface area (Å²) in [5, 5.41) is 19.2. The Bertz CT molecular complexity index is 888. The number of hydrogen-bond acceptors (Lipinski definition) is 5. The molecule has 0 bridgehead atoms. The average Bonchev–Trinajstić information content (AvgIpc) is 2.75. The molecule has 0 N–H and O–H groups in total. The van der Waals surface area contributed by atoms with E-state index < -0.39 is 0 Å². The van der Waals surface area contributed by atoms with Crippen molar-refractivity contribution in [2.24, 2.45) is 0 Å². The van der Waals surface area contributed by atoms with Gasteiger partial charge in [0.2, 0.25) is 0 Å². The van der Waals surface area contributed by atoms with Gasteiger partial charge in [0, 0.05) is 7.11 Å². The lowest BCUT2D eigenvalue weighted by Crippen LogP contribution is -2.16. The van der Waals surface area contributed by atoms with Crippen LogP contribution in [0.25, 0.3) is 11.1 Å². The first-order valence-electron chi connectivity index (χ1n) is 9.48. The van der Waals surface area contributed by atoms with Crippen LogP contribution >= 0.6 is 0 Å². The molecule has 0 aliphatic heterocycles. The Kier molecular flexibility index (Phi) is 9.08. The van der Waals surface area contributed by atoms with Crippen molar-refractivity contribution in [2.45, 2.75) is 26.6 Å². The minimum atomic E-state index is 0.0724. The maximum Gasteiger partial charge on any atom is 0.101 e. The summed E-state index contributed by atoms with van der Waals surface area (Å²) in [4.78, 5) is 0. The standard InChI is InChI=1S/C24H26N2O3/c1-18-4-8-21(9-5-18)23(14-25)24(15-26)22-10-6-20(7-11-22)17-29-13-12-28-16-19(2)27-3/h4-11,19H,12-13,16-17H2,1-3H3/b24-23+. The lowest BCUT2D eigenvalue weighted by Gasteiger charge is -2.10. The quantitative estimate of drug-likeness (QED) is 0.339. The van der Waals surface area contributed by atoms with Gasteiger partial charge in [-0.05, 0) is 30.5 Å². The van der Waals surface area contributed by atoms with Crippen molar-refractivity contribution in [1.82, 2.24) is 0 Å². The van der Waals surface area contributed by atoms with Gasteiger partial charge in [-0.3, -0.25) is 0 Å². The second kappa shape index (κ2) is 11.8. The highest BCUT2D eigenvalue weighted by molar-refractivity contribution is 6.02. The summed E-state index contributed by atoms with van der Waals surface area (Å²) in [6.45, 7) is 5.93. The zero-order chi connectivity index (χ0) is 21.1. The zero-order valence-electron chi connectivity index (χ0n) is 17.1. The second-order valence-corrected chi connectivity index (χ2v) is 6.71. The largest absolute Gasteiger partial charge is 0.379 e. The van der Waals surface area contributed by atoms with Gasteiger partial charge in [-0.2, -0.15) is 10.5 Å². The normalized spacial score (nSPS) is 12.6. The lowest BCUT2D eigenvalue weighted by atomic mass is 9.95. The minimum absolute atomic E-state index is 0.0724. The number of nitriles is 2. The van der Waals surface area contributed by atoms with E-state index in [1.807, 2.05) is 62.4 Å². The molecule has 0 amide bonds. The van der Waals surface area contributed by atoms with E-state index in [1.165, 1.54) is 0 Å². The van der Waals surface area contributed by atoms with E-state index in [0.717, 1.165) is 16.7 Å². The van der Waals surface area contributed by atoms with Gasteiger partial charge in [0.25, 0.3) is 0 Å². The fraction of sp³-hybridized carbons (Fsp3) is 0.333. The number of rotatable bonds is 10. The topological polar surface area (TPSA) is 75.3 Å². The van der Waals surface area contributed by atoms with E-state index in [0.29, 0.717) is 43.1 Å². The lowest BCUT2D eigenvalue weighted by molar-refractivity contribution is -0.00912. The molecule has 0 aromatic heterocycles. The SMILES string of the molecule is COC(C)COCCOCc1ccc(/C(C#N)=C(\C#N)c2ccc(C)cc2)cc1. The zero-order valence-corrected chi connectivity index (χ0v) is 17.1. The maximum atomic E-state index is 9.64. The van der Waals surface area contributed by atoms with Crippen molar-refractivity contribution in [3.8, 4) is 12.1 Å². The predicted octanol–water partition coefficient (Wildman–Crippen LogP) is 4.52. The van der Waals surface area contributed by atoms with Crippen molar-refractivity contribution in [2.75, 3.05) is 26.9 Å². The maximum absolute atomic E-state index is 9.64. The summed E-state index contributed by atoms with van der Waals surface area (Å²) in [6.07, 6.45) is 0.0724. The molecule has 1 atom stereocenters. The van der Waals surface area contributed by atoms with Crippen molar-refractivity contribution in [3.63, 3.8) is 0 Å². The van der Waals surface area contributed by atoms with E-state index in [4.69, 9.17) is 14.2 Å². The predicted molar refractivity (Wildman–Crippen MR) is 113 cm³/mol. The summed E-state index contributed by atoms with van der Waals surface area (Å²) >= 11 is 0. The summed E-state index contributed by atoms with van der Waals surface area (Å²) < 4.78 is 16.2. The molecule has 0 heterocycles. The highest BCUT2D eigenvalue weighted by Gasteiger charge is 2.11. The van der Waals surface area contributed by atoms with Crippen molar-refractivity contribution in [1.29, 1.82) is 10.5 Å². The van der Waals surface area contributed by atoms with Crippen LogP contribution in [0.15, 0.2) is 48.5 Å². The molecule has 0 radical (unpaired) electrons. The number of hydrogen-bond donors (Lipinski definition) is 0. The Morgan fingerprint density at radius 1 is 0.862 bits per heavy atom. The first-order chi connectivity index (χ1) is 14.1. The molecular formula is C24H26N2O3. The smallest absolute Gasteiger partial charge is 0.101 e. The Labute approximate surface area is 172 Å². The molecule has 0 saturated heterocycles. The molecule has 5 nitrogen and oxygen atoms in total. The molecule has 0 aliphatic rings. The third kappa shape index (κ3) is 6.85. The molecule has 0 fully saturated rings. The highest BCUT2D eigenvalue weighted by Crippen LogP contribution is 2.26. The summed E-state index contributed by atoms with van der Waals surface area (Å²) in [6, 6.07) is 19.5. The molecule has 2 aromatic carbocycles. The Morgan fingerprint density at radius 2 is 1.38 bits per heavy atom. The van der Waals surface area contributed by atoms with E-state index in [9.17, 15) is 10.5 Å². The average molecular weight is 390 g/mol. The fourth-order valence-corrected chi connectivity index (χ4v) is 2.64. The van der Waals surface area contributed by atoms with Gasteiger partial charge in [-0.15, -0.1) is 0 Å². The highest BCUT2D eigenvalue weighted by atomic mass is 16.5. The first kappa shape index (κ1) is 22.3. The van der Waals surface area contributed by atoms with E-state index in [-0.39, 0.29) is 6.10 Å². The number of nitrogens with zero attached hydrogens (tertiary/aromatic N) is 2. The van der Waals surface area contributed by atoms with Crippen LogP contribution in [0.4, 0.5) is 0 Å². The molecule has 29 heavy (non-hydrogen) atoms. The third-order valence-corrected chi connectivity index (χ3v) is 4.45. The van der Waals surface area contributed by atoms with Gasteiger partial charge < -0.3 is 14.2 Å². The fourth-order valence-electron chi connectivity index (χ4n) is 2.64. The Hall–Kier alpha value is -2.96. The number of aryl methyl sites for hydroxylation is 1. The summed E-state index contributed by atoms with van der Waals surface area (Å²) in [7, 11) is 1.65. The molecule has 2 rings (SSSR count). The monoisotopic (exact) mass is 390 g/mol. The molecule has 2 aromatic rings. The molecule has 150 valence electrons. The van der Waals surface area contributed by atoms with Crippen LogP contribution < -0.4 is 0 Å². The number of ether oxygens (including phenoxy) is 3. The van der Waals surface area contributed by atoms with Gasteiger partial charge in [0.05, 0.1) is 43.7 Å². The molecule has 1 unspecified atom stereocenters. The van der Waals surface area contributed by atoms with Gasteiger partial charge in [0.1, 0.15) is 12.1 Å². The van der Waals surface area contributed by atoms with Gasteiger partial charge >= 0.3 is 0 Å². The van der Waals surface area contributed by atoms with Gasteiger partial charge in [0.15, 0.2) is 0 Å². The number of allylic oxidation sites excluding steroid dienone is 2. The van der Waals surface area contributed by atoms with Crippen LogP contribution in [-0.4, -0.2) is 33.0 Å². The summed E-state index contributed by atoms with van der Waals surface area (Å²) in [5.41, 5.74) is 4.29. The number of benzene rings is 2. The van der Waals surface area contributed by atoms with E-state index in [1.54, 1.807) is 7.11 Å². The van der Waals surface area contributed by atoms with Crippen LogP contribution in [0.1, 0.15) is 29.2 Å². The minimum Gasteiger partial charge on any atom is -0.379 e. The molecule has 0 spiro atoms. The summed E-state index contributed by atoms with van der Waals surface area (Å²) in [5.74, 6) is 0. The van der Waals surface area contributed by atoms with Crippen molar-refractivity contribution < 1.29 is 14.2 Å². The molecule has 0 aliphatic carbocycles. The van der Waals surface area contributed by atoms with Crippen LogP contribution in [0, 0.1) is 29.6 Å². The van der Waals surface area contributed by atoms with Crippen LogP contribution in [0.3, 0.4) is 0 Å². The second-order valence-electron chi connectivity index (χ2n) is 6.71. The van der Waals surface area contributed by atoms with E-state index >= 15 is 0 Å². The van der Waals surface area contributed by atoms with Crippen LogP contribution in [-0.2, 0) is 20.8 Å². The Morgan fingerprint density at radius 3 is 1.90 bits per heavy atom. The van der Waals surface area contributed by atoms with Crippen LogP contribution in [0.2, 0.25) is 0 Å². The number of methoxy groups -OCH3 is 1. The molecule has 0 saturated carbocycles. The van der Waals surface area contributed by atoms with Gasteiger partial charge in [-0.1, -0.05) is 54.1 Å². The molecular weight excluding hydrogens is 364 g/mol.